The van der Waals surface area contributed by atoms with Crippen LogP contribution in [0.4, 0.5) is 5.69 Å². The van der Waals surface area contributed by atoms with Gasteiger partial charge < -0.3 is 5.73 Å². The molecule has 1 heterocycles. The lowest BCUT2D eigenvalue weighted by Gasteiger charge is -2.02. The summed E-state index contributed by atoms with van der Waals surface area (Å²) < 4.78 is 0. The molecule has 0 aliphatic carbocycles. The molecule has 2 nitrogen and oxygen atoms in total. The predicted molar refractivity (Wildman–Crippen MR) is 54.9 cm³/mol. The lowest BCUT2D eigenvalue weighted by molar-refractivity contribution is 1.02. The molecule has 0 unspecified atom stereocenters. The number of fused-ring (bicyclic) bond motifs is 1. The van der Waals surface area contributed by atoms with E-state index in [1.165, 1.54) is 5.57 Å². The van der Waals surface area contributed by atoms with Gasteiger partial charge in [0.15, 0.2) is 0 Å². The van der Waals surface area contributed by atoms with Crippen molar-refractivity contribution in [1.82, 2.24) is 5.32 Å². The van der Waals surface area contributed by atoms with E-state index in [1.54, 1.807) is 0 Å². The van der Waals surface area contributed by atoms with Gasteiger partial charge in [0.1, 0.15) is 0 Å². The van der Waals surface area contributed by atoms with Gasteiger partial charge in [-0.15, -0.1) is 0 Å². The van der Waals surface area contributed by atoms with E-state index in [1.807, 2.05) is 24.4 Å². The Balaban J connectivity index is 2.34. The van der Waals surface area contributed by atoms with Crippen molar-refractivity contribution in [3.05, 3.63) is 35.0 Å². The van der Waals surface area contributed by atoms with Gasteiger partial charge in [0.05, 0.1) is 5.69 Å². The molecule has 1 aromatic rings. The molecule has 0 aromatic heterocycles. The second-order valence-corrected chi connectivity index (χ2v) is 3.42. The normalized spacial score (nSPS) is 13.5. The highest BCUT2D eigenvalue weighted by Crippen LogP contribution is 2.33. The van der Waals surface area contributed by atoms with Gasteiger partial charge in [-0.2, -0.15) is 0 Å². The zero-order valence-electron chi connectivity index (χ0n) is 7.13. The van der Waals surface area contributed by atoms with Crippen molar-refractivity contribution in [2.45, 2.75) is 6.42 Å². The van der Waals surface area contributed by atoms with Gasteiger partial charge in [-0.05, 0) is 30.7 Å². The summed E-state index contributed by atoms with van der Waals surface area (Å²) in [7, 11) is 0. The van der Waals surface area contributed by atoms with Crippen LogP contribution in [0.5, 0.6) is 0 Å². The minimum atomic E-state index is 0.656. The SMILES string of the molecule is NCCC1=C[N]c2cc(Cl)ccc21. The number of benzene rings is 1. The molecule has 1 aliphatic rings. The van der Waals surface area contributed by atoms with E-state index in [0.29, 0.717) is 6.54 Å². The topological polar surface area (TPSA) is 40.1 Å². The number of rotatable bonds is 2. The highest BCUT2D eigenvalue weighted by molar-refractivity contribution is 6.31. The molecular formula is C10H10ClN2. The molecule has 1 aromatic carbocycles. The summed E-state index contributed by atoms with van der Waals surface area (Å²) in [5.41, 5.74) is 8.81. The zero-order chi connectivity index (χ0) is 9.26. The highest BCUT2D eigenvalue weighted by atomic mass is 35.5. The predicted octanol–water partition coefficient (Wildman–Crippen LogP) is 2.28. The van der Waals surface area contributed by atoms with Gasteiger partial charge in [-0.1, -0.05) is 17.7 Å². The van der Waals surface area contributed by atoms with Crippen molar-refractivity contribution in [2.75, 3.05) is 6.54 Å². The Labute approximate surface area is 82.4 Å². The molecule has 0 fully saturated rings. The molecule has 13 heavy (non-hydrogen) atoms. The third-order valence-corrected chi connectivity index (χ3v) is 2.31. The van der Waals surface area contributed by atoms with Crippen LogP contribution in [0, 0.1) is 0 Å². The standard InChI is InChI=1S/C10H10ClN2/c11-8-1-2-9-7(3-4-12)6-13-10(9)5-8/h1-2,5-6H,3-4,12H2. The summed E-state index contributed by atoms with van der Waals surface area (Å²) >= 11 is 5.84. The third-order valence-electron chi connectivity index (χ3n) is 2.08. The molecule has 0 saturated heterocycles. The van der Waals surface area contributed by atoms with Crippen LogP contribution < -0.4 is 11.1 Å². The van der Waals surface area contributed by atoms with Crippen molar-refractivity contribution in [3.63, 3.8) is 0 Å². The van der Waals surface area contributed by atoms with Gasteiger partial charge >= 0.3 is 0 Å². The highest BCUT2D eigenvalue weighted by Gasteiger charge is 2.14. The van der Waals surface area contributed by atoms with Crippen molar-refractivity contribution >= 4 is 22.9 Å². The van der Waals surface area contributed by atoms with Crippen LogP contribution in [-0.2, 0) is 0 Å². The molecule has 0 amide bonds. The minimum Gasteiger partial charge on any atom is -0.330 e. The Hall–Kier alpha value is -0.990. The Morgan fingerprint density at radius 3 is 3.00 bits per heavy atom. The first kappa shape index (κ1) is 8.60. The van der Waals surface area contributed by atoms with Crippen LogP contribution in [0.15, 0.2) is 24.4 Å². The maximum Gasteiger partial charge on any atom is 0.0720 e. The van der Waals surface area contributed by atoms with Crippen LogP contribution >= 0.6 is 11.6 Å². The first-order chi connectivity index (χ1) is 6.31. The molecule has 0 spiro atoms. The van der Waals surface area contributed by atoms with Gasteiger partial charge in [-0.25, -0.2) is 0 Å². The van der Waals surface area contributed by atoms with E-state index in [9.17, 15) is 0 Å². The van der Waals surface area contributed by atoms with Crippen LogP contribution in [0.25, 0.3) is 5.57 Å². The first-order valence-corrected chi connectivity index (χ1v) is 4.59. The van der Waals surface area contributed by atoms with Crippen LogP contribution in [0.2, 0.25) is 5.02 Å². The molecule has 2 rings (SSSR count). The van der Waals surface area contributed by atoms with E-state index in [-0.39, 0.29) is 0 Å². The van der Waals surface area contributed by atoms with Gasteiger partial charge in [0, 0.05) is 16.8 Å². The van der Waals surface area contributed by atoms with Crippen molar-refractivity contribution in [1.29, 1.82) is 0 Å². The fraction of sp³-hybridized carbons (Fsp3) is 0.200. The summed E-state index contributed by atoms with van der Waals surface area (Å²) in [6, 6.07) is 5.75. The molecule has 0 atom stereocenters. The third kappa shape index (κ3) is 1.55. The lowest BCUT2D eigenvalue weighted by atomic mass is 10.0. The molecule has 3 heteroatoms. The van der Waals surface area contributed by atoms with E-state index >= 15 is 0 Å². The summed E-state index contributed by atoms with van der Waals surface area (Å²) in [5, 5.41) is 4.98. The fourth-order valence-corrected chi connectivity index (χ4v) is 1.62. The largest absolute Gasteiger partial charge is 0.330 e. The zero-order valence-corrected chi connectivity index (χ0v) is 7.88. The monoisotopic (exact) mass is 193 g/mol. The van der Waals surface area contributed by atoms with Crippen molar-refractivity contribution in [2.24, 2.45) is 5.73 Å². The maximum absolute atomic E-state index is 5.84. The Kier molecular flexibility index (Phi) is 2.25. The second kappa shape index (κ2) is 3.40. The van der Waals surface area contributed by atoms with E-state index in [4.69, 9.17) is 17.3 Å². The number of nitrogens with zero attached hydrogens (tertiary/aromatic N) is 1. The van der Waals surface area contributed by atoms with Crippen LogP contribution in [0.1, 0.15) is 12.0 Å². The number of nitrogens with two attached hydrogens (primary N) is 1. The lowest BCUT2D eigenvalue weighted by Crippen LogP contribution is -1.98. The summed E-state index contributed by atoms with van der Waals surface area (Å²) in [6.07, 6.45) is 2.74. The maximum atomic E-state index is 5.84. The summed E-state index contributed by atoms with van der Waals surface area (Å²) in [5.74, 6) is 0. The number of hydrogen-bond donors (Lipinski definition) is 1. The molecule has 1 aliphatic heterocycles. The Morgan fingerprint density at radius 1 is 1.38 bits per heavy atom. The smallest absolute Gasteiger partial charge is 0.0720 e. The second-order valence-electron chi connectivity index (χ2n) is 2.98. The van der Waals surface area contributed by atoms with E-state index < -0.39 is 0 Å². The van der Waals surface area contributed by atoms with Crippen molar-refractivity contribution in [3.8, 4) is 0 Å². The molecule has 0 saturated carbocycles. The summed E-state index contributed by atoms with van der Waals surface area (Å²) in [6.45, 7) is 0.656. The van der Waals surface area contributed by atoms with Crippen LogP contribution in [-0.4, -0.2) is 6.54 Å². The quantitative estimate of drug-likeness (QED) is 0.769. The fourth-order valence-electron chi connectivity index (χ4n) is 1.45. The average Bonchev–Trinajstić information content (AvgIpc) is 2.49. The van der Waals surface area contributed by atoms with Gasteiger partial charge in [0.25, 0.3) is 0 Å². The van der Waals surface area contributed by atoms with Crippen LogP contribution in [0.3, 0.4) is 0 Å². The first-order valence-electron chi connectivity index (χ1n) is 4.21. The molecule has 1 radical (unpaired) electrons. The summed E-state index contributed by atoms with van der Waals surface area (Å²) in [4.78, 5) is 0. The van der Waals surface area contributed by atoms with E-state index in [0.717, 1.165) is 22.7 Å². The molecule has 0 bridgehead atoms. The Bertz CT molecular complexity index is 358. The number of halogens is 1. The molecule has 2 N–H and O–H groups in total. The molecule has 67 valence electrons. The van der Waals surface area contributed by atoms with Gasteiger partial charge in [0.2, 0.25) is 0 Å². The van der Waals surface area contributed by atoms with Gasteiger partial charge in [-0.3, -0.25) is 5.32 Å². The number of hydrogen-bond acceptors (Lipinski definition) is 1. The Morgan fingerprint density at radius 2 is 2.23 bits per heavy atom. The van der Waals surface area contributed by atoms with E-state index in [2.05, 4.69) is 5.32 Å². The van der Waals surface area contributed by atoms with Crippen molar-refractivity contribution < 1.29 is 0 Å². The average molecular weight is 194 g/mol. The molecular weight excluding hydrogens is 184 g/mol. The minimum absolute atomic E-state index is 0.656.